The largest absolute Gasteiger partial charge is 0 e. The third-order valence-corrected chi connectivity index (χ3v) is 3.57. The van der Waals surface area contributed by atoms with Gasteiger partial charge in [0.25, 0.3) is 0 Å². The van der Waals surface area contributed by atoms with Crippen LogP contribution in [0.4, 0.5) is 0 Å². The van der Waals surface area contributed by atoms with Crippen molar-refractivity contribution in [3.63, 3.8) is 0 Å². The molecule has 0 saturated heterocycles. The topological polar surface area (TPSA) is 68.9 Å². The molecule has 1 aromatic rings. The van der Waals surface area contributed by atoms with Crippen LogP contribution >= 0.6 is 0 Å². The van der Waals surface area contributed by atoms with Crippen LogP contribution in [-0.4, -0.2) is 7.11 Å². The van der Waals surface area contributed by atoms with Crippen LogP contribution in [0.15, 0.2) is 24.3 Å². The number of ether oxygens (including phenoxy) is 1. The van der Waals surface area contributed by atoms with Gasteiger partial charge in [-0.05, 0) is 55.9 Å². The molecule has 1 atom stereocenters. The molecule has 0 amide bonds. The van der Waals surface area contributed by atoms with Gasteiger partial charge in [-0.25, -0.2) is 0 Å². The van der Waals surface area contributed by atoms with Crippen LogP contribution in [0.25, 0.3) is 0 Å². The van der Waals surface area contributed by atoms with Gasteiger partial charge in [0.2, 0.25) is 0 Å². The number of aryl methyl sites for hydroxylation is 2. The molecule has 0 N–H and O–H groups in total. The minimum absolute atomic E-state index is 0. The van der Waals surface area contributed by atoms with Crippen LogP contribution in [0, 0.1) is 26.9 Å². The summed E-state index contributed by atoms with van der Waals surface area (Å²) in [5.74, 6) is 1.56. The van der Waals surface area contributed by atoms with Crippen molar-refractivity contribution >= 4 is 0 Å². The van der Waals surface area contributed by atoms with Crippen LogP contribution in [0.2, 0.25) is 0 Å². The van der Waals surface area contributed by atoms with Gasteiger partial charge in [0.15, 0.2) is 0 Å². The Labute approximate surface area is 149 Å². The third kappa shape index (κ3) is 7.55. The van der Waals surface area contributed by atoms with Gasteiger partial charge in [-0.15, -0.1) is 0 Å². The summed E-state index contributed by atoms with van der Waals surface area (Å²) in [4.78, 5) is 0. The molecule has 4 nitrogen and oxygen atoms in total. The van der Waals surface area contributed by atoms with E-state index in [4.69, 9.17) is 18.7 Å². The van der Waals surface area contributed by atoms with E-state index in [2.05, 4.69) is 52.5 Å². The Hall–Kier alpha value is -1.49. The Morgan fingerprint density at radius 1 is 1.17 bits per heavy atom. The summed E-state index contributed by atoms with van der Waals surface area (Å²) in [5.41, 5.74) is 5.43. The SMILES string of the molecule is C=C(C)[C@H]1CCCc2cc(OC)c(C)cc21.[C-]#[O+].[C-]#[O+].[C-]#[O+].[Cr]. The summed E-state index contributed by atoms with van der Waals surface area (Å²) < 4.78 is 27.9. The quantitative estimate of drug-likeness (QED) is 0.452. The maximum Gasteiger partial charge on any atom is 0 e. The van der Waals surface area contributed by atoms with Gasteiger partial charge in [-0.2, -0.15) is 0 Å². The van der Waals surface area contributed by atoms with Gasteiger partial charge in [0.05, 0.1) is 7.11 Å². The fraction of sp³-hybridized carbons (Fsp3) is 0.389. The number of allylic oxidation sites excluding steroid dienone is 1. The molecular weight excluding hydrogens is 332 g/mol. The summed E-state index contributed by atoms with van der Waals surface area (Å²) in [5, 5.41) is 0. The predicted octanol–water partition coefficient (Wildman–Crippen LogP) is 3.88. The molecule has 0 spiro atoms. The zero-order valence-electron chi connectivity index (χ0n) is 13.6. The van der Waals surface area contributed by atoms with Crippen molar-refractivity contribution in [3.8, 4) is 5.75 Å². The predicted molar refractivity (Wildman–Crippen MR) is 80.0 cm³/mol. The monoisotopic (exact) mass is 352 g/mol. The molecule has 0 bridgehead atoms. The van der Waals surface area contributed by atoms with Crippen molar-refractivity contribution in [2.24, 2.45) is 0 Å². The average Bonchev–Trinajstić information content (AvgIpc) is 2.59. The first-order chi connectivity index (χ1) is 10.6. The number of rotatable bonds is 2. The molecule has 1 aliphatic carbocycles. The standard InChI is InChI=1S/C15H20O.3CO.Cr/c1-10(2)13-7-5-6-12-9-15(16-4)11(3)8-14(12)13;3*1-2;/h8-9,13H,1,5-7H2,2-4H3;;;;/t13-;;;;/m1..../s1. The van der Waals surface area contributed by atoms with E-state index in [0.29, 0.717) is 5.92 Å². The van der Waals surface area contributed by atoms with E-state index < -0.39 is 0 Å². The number of benzene rings is 1. The van der Waals surface area contributed by atoms with Gasteiger partial charge in [0.1, 0.15) is 5.75 Å². The average molecular weight is 352 g/mol. The second kappa shape index (κ2) is 15.4. The van der Waals surface area contributed by atoms with Crippen molar-refractivity contribution in [2.75, 3.05) is 7.11 Å². The van der Waals surface area contributed by atoms with Crippen LogP contribution in [-0.2, 0) is 37.7 Å². The summed E-state index contributed by atoms with van der Waals surface area (Å²) in [6, 6.07) is 4.49. The van der Waals surface area contributed by atoms with Crippen molar-refractivity contribution in [1.82, 2.24) is 0 Å². The first-order valence-electron chi connectivity index (χ1n) is 6.57. The fourth-order valence-corrected chi connectivity index (χ4v) is 2.68. The van der Waals surface area contributed by atoms with Gasteiger partial charge in [0, 0.05) is 23.3 Å². The zero-order valence-corrected chi connectivity index (χ0v) is 14.9. The Balaban J connectivity index is -0.000000514. The zero-order chi connectivity index (χ0) is 17.7. The van der Waals surface area contributed by atoms with Crippen molar-refractivity contribution in [1.29, 1.82) is 0 Å². The number of hydrogen-bond donors (Lipinski definition) is 0. The molecule has 1 aromatic carbocycles. The third-order valence-electron chi connectivity index (χ3n) is 3.57. The van der Waals surface area contributed by atoms with Crippen LogP contribution in [0.3, 0.4) is 0 Å². The Bertz CT molecular complexity index is 530. The molecule has 0 unspecified atom stereocenters. The molecule has 0 heterocycles. The van der Waals surface area contributed by atoms with Crippen molar-refractivity contribution < 1.29 is 36.1 Å². The van der Waals surface area contributed by atoms with Crippen LogP contribution in [0.1, 0.15) is 42.4 Å². The molecule has 5 heteroatoms. The van der Waals surface area contributed by atoms with Crippen LogP contribution in [0.5, 0.6) is 5.75 Å². The summed E-state index contributed by atoms with van der Waals surface area (Å²) in [6.07, 6.45) is 3.68. The molecule has 0 aromatic heterocycles. The second-order valence-corrected chi connectivity index (χ2v) is 4.81. The molecule has 1 aliphatic rings. The van der Waals surface area contributed by atoms with Gasteiger partial charge >= 0.3 is 33.9 Å². The molecule has 0 radical (unpaired) electrons. The Morgan fingerprint density at radius 3 is 2.13 bits per heavy atom. The second-order valence-electron chi connectivity index (χ2n) is 4.81. The summed E-state index contributed by atoms with van der Waals surface area (Å²) in [6.45, 7) is 21.9. The van der Waals surface area contributed by atoms with Gasteiger partial charge in [-0.3, -0.25) is 0 Å². The summed E-state index contributed by atoms with van der Waals surface area (Å²) in [7, 11) is 1.74. The van der Waals surface area contributed by atoms with E-state index in [9.17, 15) is 0 Å². The minimum atomic E-state index is 0. The van der Waals surface area contributed by atoms with E-state index in [0.717, 1.165) is 5.75 Å². The number of hydrogen-bond acceptors (Lipinski definition) is 1. The van der Waals surface area contributed by atoms with E-state index in [1.807, 2.05) is 0 Å². The molecular formula is C18H20CrO4. The minimum Gasteiger partial charge on any atom is 0 e. The van der Waals surface area contributed by atoms with Crippen molar-refractivity contribution in [2.45, 2.75) is 39.0 Å². The van der Waals surface area contributed by atoms with Gasteiger partial charge in [-0.1, -0.05) is 18.2 Å². The van der Waals surface area contributed by atoms with E-state index in [1.165, 1.54) is 41.5 Å². The number of methoxy groups -OCH3 is 1. The first-order valence-corrected chi connectivity index (χ1v) is 6.57. The van der Waals surface area contributed by atoms with E-state index >= 15 is 0 Å². The van der Waals surface area contributed by atoms with E-state index in [-0.39, 0.29) is 17.4 Å². The van der Waals surface area contributed by atoms with E-state index in [1.54, 1.807) is 7.11 Å². The molecule has 2 rings (SSSR count). The first kappa shape index (κ1) is 26.4. The number of fused-ring (bicyclic) bond motifs is 1. The molecule has 122 valence electrons. The maximum absolute atomic E-state index is 7.50. The molecule has 0 saturated carbocycles. The van der Waals surface area contributed by atoms with Crippen LogP contribution < -0.4 is 4.74 Å². The van der Waals surface area contributed by atoms with Gasteiger partial charge < -0.3 is 4.74 Å². The fourth-order valence-electron chi connectivity index (χ4n) is 2.68. The maximum atomic E-state index is 7.50. The Kier molecular flexibility index (Phi) is 17.7. The molecule has 0 fully saturated rings. The molecule has 0 aliphatic heterocycles. The molecule has 23 heavy (non-hydrogen) atoms. The Morgan fingerprint density at radius 2 is 1.70 bits per heavy atom. The smallest absolute Gasteiger partial charge is 0 e. The summed E-state index contributed by atoms with van der Waals surface area (Å²) >= 11 is 0. The van der Waals surface area contributed by atoms with Crippen molar-refractivity contribution in [3.05, 3.63) is 60.9 Å². The normalized spacial score (nSPS) is 13.5.